The maximum absolute atomic E-state index is 13.7. The van der Waals surface area contributed by atoms with Gasteiger partial charge in [-0.15, -0.1) is 0 Å². The van der Waals surface area contributed by atoms with Crippen LogP contribution in [0.5, 0.6) is 0 Å². The number of amides is 1. The van der Waals surface area contributed by atoms with Gasteiger partial charge < -0.3 is 14.4 Å². The van der Waals surface area contributed by atoms with E-state index in [0.717, 1.165) is 57.8 Å². The number of carbonyl (C=O) groups excluding carboxylic acids is 3. The van der Waals surface area contributed by atoms with Crippen LogP contribution < -0.4 is 5.32 Å². The number of nitrogens with one attached hydrogen (secondary N) is 1. The number of fused-ring (bicyclic) bond motifs is 1. The van der Waals surface area contributed by atoms with Crippen molar-refractivity contribution in [1.29, 1.82) is 0 Å². The number of rotatable bonds is 18. The zero-order valence-corrected chi connectivity index (χ0v) is 23.4. The van der Waals surface area contributed by atoms with Crippen molar-refractivity contribution < 1.29 is 23.9 Å². The fourth-order valence-corrected chi connectivity index (χ4v) is 5.85. The van der Waals surface area contributed by atoms with E-state index >= 15 is 0 Å². The van der Waals surface area contributed by atoms with Crippen LogP contribution in [0, 0.1) is 5.92 Å². The summed E-state index contributed by atoms with van der Waals surface area (Å²) in [6.07, 6.45) is 15.5. The molecular weight excluding hydrogens is 456 g/mol. The van der Waals surface area contributed by atoms with Crippen molar-refractivity contribution in [2.24, 2.45) is 5.92 Å². The molecule has 0 aromatic carbocycles. The van der Waals surface area contributed by atoms with Crippen LogP contribution in [-0.4, -0.2) is 60.1 Å². The molecule has 1 saturated heterocycles. The summed E-state index contributed by atoms with van der Waals surface area (Å²) in [6, 6.07) is -1.50. The van der Waals surface area contributed by atoms with Crippen LogP contribution in [0.4, 0.5) is 0 Å². The Morgan fingerprint density at radius 3 is 2.25 bits per heavy atom. The monoisotopic (exact) mass is 508 g/mol. The largest absolute Gasteiger partial charge is 0.465 e. The highest BCUT2D eigenvalue weighted by Crippen LogP contribution is 2.42. The zero-order chi connectivity index (χ0) is 26.3. The van der Waals surface area contributed by atoms with Crippen molar-refractivity contribution in [3.05, 3.63) is 0 Å². The fourth-order valence-electron chi connectivity index (χ4n) is 5.85. The summed E-state index contributed by atoms with van der Waals surface area (Å²) in [6.45, 7) is 8.70. The third-order valence-electron chi connectivity index (χ3n) is 7.85. The Balaban J connectivity index is 1.96. The molecule has 2 rings (SSSR count). The number of esters is 2. The van der Waals surface area contributed by atoms with E-state index in [4.69, 9.17) is 9.47 Å². The van der Waals surface area contributed by atoms with Gasteiger partial charge in [0.25, 0.3) is 0 Å². The van der Waals surface area contributed by atoms with E-state index in [1.54, 1.807) is 11.8 Å². The first-order valence-electron chi connectivity index (χ1n) is 14.9. The van der Waals surface area contributed by atoms with Gasteiger partial charge >= 0.3 is 11.9 Å². The minimum Gasteiger partial charge on any atom is -0.465 e. The van der Waals surface area contributed by atoms with Gasteiger partial charge in [0.1, 0.15) is 12.1 Å². The lowest BCUT2D eigenvalue weighted by molar-refractivity contribution is -0.156. The lowest BCUT2D eigenvalue weighted by Gasteiger charge is -2.32. The van der Waals surface area contributed by atoms with E-state index in [0.29, 0.717) is 32.0 Å². The average Bonchev–Trinajstić information content (AvgIpc) is 3.46. The zero-order valence-electron chi connectivity index (χ0n) is 23.4. The standard InChI is InChI=1S/C29H52N2O5/c1-5-8-10-12-13-15-20-36-29(34)26-21-23-17-16-19-25(23)31(26)27(32)22(4)30-24(28(33)35-7-3)18-14-11-9-6-2/h22-26,30H,5-21H2,1-4H3/t22-,23-,24-,25-,26-/m0/s1. The van der Waals surface area contributed by atoms with E-state index in [2.05, 4.69) is 19.2 Å². The quantitative estimate of drug-likeness (QED) is 0.193. The molecule has 0 spiro atoms. The molecule has 36 heavy (non-hydrogen) atoms. The number of ether oxygens (including phenoxy) is 2. The summed E-state index contributed by atoms with van der Waals surface area (Å²) in [4.78, 5) is 41.1. The van der Waals surface area contributed by atoms with Crippen molar-refractivity contribution >= 4 is 17.8 Å². The van der Waals surface area contributed by atoms with Crippen molar-refractivity contribution in [3.63, 3.8) is 0 Å². The van der Waals surface area contributed by atoms with Gasteiger partial charge in [0.05, 0.1) is 19.3 Å². The smallest absolute Gasteiger partial charge is 0.328 e. The molecule has 1 N–H and O–H groups in total. The van der Waals surface area contributed by atoms with Crippen LogP contribution in [-0.2, 0) is 23.9 Å². The molecule has 7 heteroatoms. The molecule has 0 aromatic heterocycles. The van der Waals surface area contributed by atoms with E-state index in [-0.39, 0.29) is 23.9 Å². The SMILES string of the molecule is CCCCCCCCOC(=O)[C@@H]1C[C@@H]2CCC[C@@H]2N1C(=O)[C@H](C)N[C@@H](CCCCCC)C(=O)OCC. The topological polar surface area (TPSA) is 84.9 Å². The highest BCUT2D eigenvalue weighted by molar-refractivity contribution is 5.89. The molecule has 1 aliphatic heterocycles. The first-order valence-corrected chi connectivity index (χ1v) is 14.9. The van der Waals surface area contributed by atoms with Crippen molar-refractivity contribution in [3.8, 4) is 0 Å². The molecule has 1 saturated carbocycles. The average molecular weight is 509 g/mol. The molecule has 2 aliphatic rings. The molecule has 208 valence electrons. The van der Waals surface area contributed by atoms with Crippen molar-refractivity contribution in [1.82, 2.24) is 10.2 Å². The maximum atomic E-state index is 13.7. The highest BCUT2D eigenvalue weighted by Gasteiger charge is 2.50. The first kappa shape index (κ1) is 30.6. The highest BCUT2D eigenvalue weighted by atomic mass is 16.5. The van der Waals surface area contributed by atoms with E-state index < -0.39 is 18.1 Å². The summed E-state index contributed by atoms with van der Waals surface area (Å²) in [5.74, 6) is -0.305. The van der Waals surface area contributed by atoms with Crippen LogP contribution >= 0.6 is 0 Å². The Bertz CT molecular complexity index is 670. The predicted molar refractivity (Wildman–Crippen MR) is 142 cm³/mol. The van der Waals surface area contributed by atoms with Gasteiger partial charge in [-0.05, 0) is 51.9 Å². The lowest BCUT2D eigenvalue weighted by Crippen LogP contribution is -2.55. The van der Waals surface area contributed by atoms with Gasteiger partial charge in [0, 0.05) is 6.04 Å². The predicted octanol–water partition coefficient (Wildman–Crippen LogP) is 5.54. The van der Waals surface area contributed by atoms with E-state index in [9.17, 15) is 14.4 Å². The number of hydrogen-bond acceptors (Lipinski definition) is 6. The second kappa shape index (κ2) is 17.0. The number of likely N-dealkylation sites (tertiary alicyclic amines) is 1. The molecule has 0 unspecified atom stereocenters. The third-order valence-corrected chi connectivity index (χ3v) is 7.85. The summed E-state index contributed by atoms with van der Waals surface area (Å²) in [7, 11) is 0. The van der Waals surface area contributed by atoms with Gasteiger partial charge in [-0.25, -0.2) is 4.79 Å². The van der Waals surface area contributed by atoms with Gasteiger partial charge in [0.2, 0.25) is 5.91 Å². The first-order chi connectivity index (χ1) is 17.4. The van der Waals surface area contributed by atoms with Crippen molar-refractivity contribution in [2.75, 3.05) is 13.2 Å². The van der Waals surface area contributed by atoms with Gasteiger partial charge in [-0.3, -0.25) is 14.9 Å². The Kier molecular flexibility index (Phi) is 14.4. The second-order valence-corrected chi connectivity index (χ2v) is 10.7. The number of carbonyl (C=O) groups is 3. The number of nitrogens with zero attached hydrogens (tertiary/aromatic N) is 1. The number of hydrogen-bond donors (Lipinski definition) is 1. The summed E-state index contributed by atoms with van der Waals surface area (Å²) >= 11 is 0. The molecule has 1 heterocycles. The number of unbranched alkanes of at least 4 members (excludes halogenated alkanes) is 8. The molecule has 0 radical (unpaired) electrons. The molecule has 2 fully saturated rings. The Morgan fingerprint density at radius 2 is 1.56 bits per heavy atom. The second-order valence-electron chi connectivity index (χ2n) is 10.7. The Labute approximate surface area is 219 Å². The van der Waals surface area contributed by atoms with Gasteiger partial charge in [0.15, 0.2) is 0 Å². The van der Waals surface area contributed by atoms with Crippen LogP contribution in [0.3, 0.4) is 0 Å². The molecule has 0 aromatic rings. The lowest BCUT2D eigenvalue weighted by atomic mass is 10.0. The van der Waals surface area contributed by atoms with Crippen molar-refractivity contribution in [2.45, 2.75) is 148 Å². The summed E-state index contributed by atoms with van der Waals surface area (Å²) in [5, 5.41) is 3.25. The molecule has 1 aliphatic carbocycles. The Morgan fingerprint density at radius 1 is 0.889 bits per heavy atom. The van der Waals surface area contributed by atoms with Crippen LogP contribution in [0.1, 0.15) is 124 Å². The molecule has 5 atom stereocenters. The normalized spacial score (nSPS) is 22.8. The molecular formula is C29H52N2O5. The Hall–Kier alpha value is -1.63. The van der Waals surface area contributed by atoms with Crippen LogP contribution in [0.2, 0.25) is 0 Å². The summed E-state index contributed by atoms with van der Waals surface area (Å²) < 4.78 is 10.9. The summed E-state index contributed by atoms with van der Waals surface area (Å²) in [5.41, 5.74) is 0. The minimum absolute atomic E-state index is 0.0962. The molecule has 7 nitrogen and oxygen atoms in total. The molecule has 1 amide bonds. The minimum atomic E-state index is -0.571. The molecule has 0 bridgehead atoms. The third kappa shape index (κ3) is 9.35. The van der Waals surface area contributed by atoms with E-state index in [1.165, 1.54) is 25.7 Å². The van der Waals surface area contributed by atoms with Crippen LogP contribution in [0.15, 0.2) is 0 Å². The maximum Gasteiger partial charge on any atom is 0.328 e. The van der Waals surface area contributed by atoms with Gasteiger partial charge in [-0.2, -0.15) is 0 Å². The van der Waals surface area contributed by atoms with Crippen LogP contribution in [0.25, 0.3) is 0 Å². The fraction of sp³-hybridized carbons (Fsp3) is 0.897. The van der Waals surface area contributed by atoms with Gasteiger partial charge in [-0.1, -0.05) is 78.1 Å². The van der Waals surface area contributed by atoms with E-state index in [1.807, 2.05) is 6.92 Å².